The van der Waals surface area contributed by atoms with Gasteiger partial charge in [0.1, 0.15) is 17.2 Å². The van der Waals surface area contributed by atoms with Gasteiger partial charge in [-0.15, -0.1) is 0 Å². The minimum atomic E-state index is -1.29. The van der Waals surface area contributed by atoms with Crippen molar-refractivity contribution in [3.8, 4) is 0 Å². The number of aromatic nitrogens is 1. The molecule has 1 heterocycles. The Hall–Kier alpha value is -2.59. The van der Waals surface area contributed by atoms with Crippen LogP contribution in [0.1, 0.15) is 34.6 Å². The predicted octanol–water partition coefficient (Wildman–Crippen LogP) is 4.13. The average molecular weight is 323 g/mol. The van der Waals surface area contributed by atoms with Gasteiger partial charge >= 0.3 is 0 Å². The number of benzene rings is 2. The maximum atomic E-state index is 13.8. The van der Waals surface area contributed by atoms with Gasteiger partial charge in [-0.25, -0.2) is 8.78 Å². The molecular formula is C20H15F2NO. The Morgan fingerprint density at radius 1 is 0.917 bits per heavy atom. The Morgan fingerprint density at radius 2 is 1.58 bits per heavy atom. The third kappa shape index (κ3) is 2.31. The van der Waals surface area contributed by atoms with Crippen molar-refractivity contribution in [3.63, 3.8) is 0 Å². The molecule has 2 aromatic carbocycles. The van der Waals surface area contributed by atoms with Gasteiger partial charge in [0.2, 0.25) is 0 Å². The molecule has 2 nitrogen and oxygen atoms in total. The summed E-state index contributed by atoms with van der Waals surface area (Å²) in [5.41, 5.74) is 1.70. The first-order valence-electron chi connectivity index (χ1n) is 7.76. The summed E-state index contributed by atoms with van der Waals surface area (Å²) in [7, 11) is 0. The van der Waals surface area contributed by atoms with Gasteiger partial charge in [0.25, 0.3) is 0 Å². The molecule has 0 radical (unpaired) electrons. The SMILES string of the molecule is OC1(c2ccncc2)CC(c2ccc(F)cc2)c2ccc(F)cc21. The van der Waals surface area contributed by atoms with Crippen LogP contribution in [0.3, 0.4) is 0 Å². The molecule has 4 rings (SSSR count). The van der Waals surface area contributed by atoms with Crippen molar-refractivity contribution < 1.29 is 13.9 Å². The zero-order valence-electron chi connectivity index (χ0n) is 12.8. The van der Waals surface area contributed by atoms with Crippen LogP contribution < -0.4 is 0 Å². The van der Waals surface area contributed by atoms with E-state index in [9.17, 15) is 13.9 Å². The lowest BCUT2D eigenvalue weighted by Gasteiger charge is -2.25. The van der Waals surface area contributed by atoms with Gasteiger partial charge in [-0.1, -0.05) is 18.2 Å². The maximum Gasteiger partial charge on any atom is 0.123 e. The van der Waals surface area contributed by atoms with E-state index in [-0.39, 0.29) is 17.6 Å². The largest absolute Gasteiger partial charge is 0.380 e. The first kappa shape index (κ1) is 15.0. The van der Waals surface area contributed by atoms with Gasteiger partial charge in [-0.3, -0.25) is 4.98 Å². The highest BCUT2D eigenvalue weighted by Crippen LogP contribution is 2.50. The fourth-order valence-corrected chi connectivity index (χ4v) is 3.60. The molecular weight excluding hydrogens is 308 g/mol. The van der Waals surface area contributed by atoms with E-state index in [4.69, 9.17) is 0 Å². The van der Waals surface area contributed by atoms with Gasteiger partial charge in [-0.05, 0) is 65.1 Å². The summed E-state index contributed by atoms with van der Waals surface area (Å²) in [4.78, 5) is 3.98. The third-order valence-corrected chi connectivity index (χ3v) is 4.77. The van der Waals surface area contributed by atoms with Crippen LogP contribution in [-0.2, 0) is 5.60 Å². The number of rotatable bonds is 2. The Bertz CT molecular complexity index is 880. The zero-order valence-corrected chi connectivity index (χ0v) is 12.8. The fraction of sp³-hybridized carbons (Fsp3) is 0.150. The number of fused-ring (bicyclic) bond motifs is 1. The van der Waals surface area contributed by atoms with Crippen LogP contribution in [-0.4, -0.2) is 10.1 Å². The van der Waals surface area contributed by atoms with E-state index < -0.39 is 5.60 Å². The first-order chi connectivity index (χ1) is 11.6. The third-order valence-electron chi connectivity index (χ3n) is 4.77. The molecule has 120 valence electrons. The van der Waals surface area contributed by atoms with Crippen molar-refractivity contribution in [2.75, 3.05) is 0 Å². The van der Waals surface area contributed by atoms with E-state index in [0.717, 1.165) is 11.1 Å². The highest BCUT2D eigenvalue weighted by molar-refractivity contribution is 5.51. The van der Waals surface area contributed by atoms with Crippen molar-refractivity contribution in [1.29, 1.82) is 0 Å². The molecule has 0 bridgehead atoms. The number of hydrogen-bond acceptors (Lipinski definition) is 2. The molecule has 0 saturated carbocycles. The minimum absolute atomic E-state index is 0.126. The molecule has 1 aliphatic rings. The van der Waals surface area contributed by atoms with Crippen LogP contribution in [0.15, 0.2) is 67.0 Å². The van der Waals surface area contributed by atoms with E-state index >= 15 is 0 Å². The molecule has 3 aromatic rings. The molecule has 1 N–H and O–H groups in total. The van der Waals surface area contributed by atoms with Gasteiger partial charge in [-0.2, -0.15) is 0 Å². The summed E-state index contributed by atoms with van der Waals surface area (Å²) in [6.07, 6.45) is 3.59. The molecule has 0 aliphatic heterocycles. The Balaban J connectivity index is 1.88. The summed E-state index contributed by atoms with van der Waals surface area (Å²) in [6.45, 7) is 0. The second kappa shape index (κ2) is 5.49. The smallest absolute Gasteiger partial charge is 0.123 e. The minimum Gasteiger partial charge on any atom is -0.380 e. The van der Waals surface area contributed by atoms with Crippen LogP contribution in [0.2, 0.25) is 0 Å². The fourth-order valence-electron chi connectivity index (χ4n) is 3.60. The number of nitrogens with zero attached hydrogens (tertiary/aromatic N) is 1. The monoisotopic (exact) mass is 323 g/mol. The second-order valence-corrected chi connectivity index (χ2v) is 6.14. The maximum absolute atomic E-state index is 13.8. The molecule has 2 unspecified atom stereocenters. The number of hydrogen-bond donors (Lipinski definition) is 1. The summed E-state index contributed by atoms with van der Waals surface area (Å²) < 4.78 is 27.1. The molecule has 0 spiro atoms. The van der Waals surface area contributed by atoms with E-state index in [2.05, 4.69) is 4.98 Å². The molecule has 0 fully saturated rings. The van der Waals surface area contributed by atoms with Gasteiger partial charge < -0.3 is 5.11 Å². The first-order valence-corrected chi connectivity index (χ1v) is 7.76. The molecule has 2 atom stereocenters. The van der Waals surface area contributed by atoms with E-state index in [1.165, 1.54) is 24.3 Å². The van der Waals surface area contributed by atoms with Crippen LogP contribution in [0.4, 0.5) is 8.78 Å². The van der Waals surface area contributed by atoms with Gasteiger partial charge in [0.15, 0.2) is 0 Å². The quantitative estimate of drug-likeness (QED) is 0.769. The van der Waals surface area contributed by atoms with Crippen LogP contribution in [0.5, 0.6) is 0 Å². The molecule has 0 saturated heterocycles. The molecule has 1 aliphatic carbocycles. The second-order valence-electron chi connectivity index (χ2n) is 6.14. The Labute approximate surface area is 138 Å². The molecule has 1 aromatic heterocycles. The van der Waals surface area contributed by atoms with Crippen LogP contribution in [0, 0.1) is 11.6 Å². The Morgan fingerprint density at radius 3 is 2.29 bits per heavy atom. The topological polar surface area (TPSA) is 33.1 Å². The van der Waals surface area contributed by atoms with E-state index in [1.54, 1.807) is 42.7 Å². The lowest BCUT2D eigenvalue weighted by molar-refractivity contribution is 0.0793. The molecule has 0 amide bonds. The van der Waals surface area contributed by atoms with Crippen LogP contribution >= 0.6 is 0 Å². The van der Waals surface area contributed by atoms with Gasteiger partial charge in [0, 0.05) is 18.3 Å². The predicted molar refractivity (Wildman–Crippen MR) is 86.5 cm³/mol. The Kier molecular flexibility index (Phi) is 3.43. The zero-order chi connectivity index (χ0) is 16.7. The van der Waals surface area contributed by atoms with E-state index in [0.29, 0.717) is 17.5 Å². The summed E-state index contributed by atoms with van der Waals surface area (Å²) in [6, 6.07) is 14.2. The highest BCUT2D eigenvalue weighted by Gasteiger charge is 2.44. The standard InChI is InChI=1S/C20H15F2NO/c21-15-3-1-13(2-4-15)18-12-20(24,14-7-9-23-10-8-14)19-11-16(22)5-6-17(18)19/h1-11,18,24H,12H2. The molecule has 4 heteroatoms. The highest BCUT2D eigenvalue weighted by atomic mass is 19.1. The van der Waals surface area contributed by atoms with Crippen molar-refractivity contribution >= 4 is 0 Å². The van der Waals surface area contributed by atoms with Crippen LogP contribution in [0.25, 0.3) is 0 Å². The average Bonchev–Trinajstić information content (AvgIpc) is 2.90. The summed E-state index contributed by atoms with van der Waals surface area (Å²) in [5.74, 6) is -0.819. The van der Waals surface area contributed by atoms with Crippen molar-refractivity contribution in [2.24, 2.45) is 0 Å². The lowest BCUT2D eigenvalue weighted by atomic mass is 9.87. The number of pyridine rings is 1. The lowest BCUT2D eigenvalue weighted by Crippen LogP contribution is -2.24. The summed E-state index contributed by atoms with van der Waals surface area (Å²) in [5, 5.41) is 11.4. The van der Waals surface area contributed by atoms with Crippen molar-refractivity contribution in [3.05, 3.63) is 101 Å². The van der Waals surface area contributed by atoms with E-state index in [1.807, 2.05) is 0 Å². The molecule has 24 heavy (non-hydrogen) atoms. The van der Waals surface area contributed by atoms with Crippen molar-refractivity contribution in [2.45, 2.75) is 17.9 Å². The van der Waals surface area contributed by atoms with Gasteiger partial charge in [0.05, 0.1) is 0 Å². The summed E-state index contributed by atoms with van der Waals surface area (Å²) >= 11 is 0. The normalized spacial score (nSPS) is 22.4. The number of halogens is 2. The number of aliphatic hydroxyl groups is 1. The van der Waals surface area contributed by atoms with Crippen molar-refractivity contribution in [1.82, 2.24) is 4.98 Å².